The van der Waals surface area contributed by atoms with E-state index in [1.165, 1.54) is 5.57 Å². The first-order chi connectivity index (χ1) is 14.3. The van der Waals surface area contributed by atoms with Crippen LogP contribution in [-0.2, 0) is 23.8 Å². The summed E-state index contributed by atoms with van der Waals surface area (Å²) in [4.78, 5) is 25.0. The lowest BCUT2D eigenvalue weighted by Crippen LogP contribution is -2.58. The van der Waals surface area contributed by atoms with Gasteiger partial charge >= 0.3 is 0 Å². The molecule has 0 amide bonds. The van der Waals surface area contributed by atoms with E-state index in [2.05, 4.69) is 13.8 Å². The fraction of sp³-hybridized carbons (Fsp3) is 0.840. The van der Waals surface area contributed by atoms with Crippen LogP contribution in [0.5, 0.6) is 0 Å². The molecule has 0 radical (unpaired) electrons. The lowest BCUT2D eigenvalue weighted by Gasteiger charge is -2.59. The zero-order chi connectivity index (χ0) is 21.6. The summed E-state index contributed by atoms with van der Waals surface area (Å²) in [5.41, 5.74) is 0.660. The molecule has 4 rings (SSSR count). The summed E-state index contributed by atoms with van der Waals surface area (Å²) >= 11 is 0. The second-order valence-corrected chi connectivity index (χ2v) is 10.5. The van der Waals surface area contributed by atoms with Gasteiger partial charge in [-0.1, -0.05) is 19.4 Å². The Morgan fingerprint density at radius 1 is 1.07 bits per heavy atom. The maximum atomic E-state index is 13.0. The molecule has 30 heavy (non-hydrogen) atoms. The first-order valence-electron chi connectivity index (χ1n) is 11.7. The Bertz CT molecular complexity index is 729. The van der Waals surface area contributed by atoms with Gasteiger partial charge in [0.05, 0.1) is 13.2 Å². The minimum absolute atomic E-state index is 0.145. The average Bonchev–Trinajstić information content (AvgIpc) is 3.02. The third-order valence-corrected chi connectivity index (χ3v) is 9.47. The van der Waals surface area contributed by atoms with E-state index >= 15 is 0 Å². The van der Waals surface area contributed by atoms with Gasteiger partial charge in [-0.25, -0.2) is 0 Å². The topological polar surface area (TPSA) is 61.8 Å². The van der Waals surface area contributed by atoms with E-state index in [0.29, 0.717) is 43.2 Å². The second kappa shape index (κ2) is 8.14. The van der Waals surface area contributed by atoms with Crippen LogP contribution in [0.4, 0.5) is 0 Å². The van der Waals surface area contributed by atoms with Crippen LogP contribution >= 0.6 is 0 Å². The van der Waals surface area contributed by atoms with E-state index in [-0.39, 0.29) is 23.4 Å². The number of allylic oxidation sites excluding steroid dienone is 1. The molecule has 0 aromatic heterocycles. The van der Waals surface area contributed by atoms with Crippen LogP contribution in [0.15, 0.2) is 11.6 Å². The van der Waals surface area contributed by atoms with Crippen molar-refractivity contribution in [2.45, 2.75) is 77.7 Å². The van der Waals surface area contributed by atoms with Crippen LogP contribution < -0.4 is 0 Å². The molecule has 4 aliphatic rings. The molecule has 3 fully saturated rings. The largest absolute Gasteiger partial charge is 0.382 e. The molecule has 6 atom stereocenters. The lowest BCUT2D eigenvalue weighted by molar-refractivity contribution is -0.205. The lowest BCUT2D eigenvalue weighted by atomic mass is 9.46. The number of hydrogen-bond acceptors (Lipinski definition) is 5. The highest BCUT2D eigenvalue weighted by atomic mass is 16.7. The summed E-state index contributed by atoms with van der Waals surface area (Å²) in [6, 6.07) is 0. The number of fused-ring (bicyclic) bond motifs is 5. The number of carbonyl (C=O) groups is 2. The Morgan fingerprint density at radius 3 is 2.57 bits per heavy atom. The molecule has 0 aromatic carbocycles. The third kappa shape index (κ3) is 3.23. The number of hydrogen-bond donors (Lipinski definition) is 0. The number of Topliss-reactive ketones (excluding diaryl/α,β-unsaturated/α-hetero) is 1. The first kappa shape index (κ1) is 22.2. The van der Waals surface area contributed by atoms with Crippen molar-refractivity contribution in [2.75, 3.05) is 27.1 Å². The minimum Gasteiger partial charge on any atom is -0.382 e. The van der Waals surface area contributed by atoms with Crippen molar-refractivity contribution >= 4 is 11.6 Å². The Morgan fingerprint density at radius 2 is 1.83 bits per heavy atom. The van der Waals surface area contributed by atoms with Gasteiger partial charge < -0.3 is 14.2 Å². The SMILES string of the molecule is COCCOCO[C@]1(C(C)=O)CC[C@H]2[C@@H]3CCC4=CC(=O)CC[C@]4(C)[C@H]3CC[C@@]21C. The summed E-state index contributed by atoms with van der Waals surface area (Å²) in [5.74, 6) is 2.17. The van der Waals surface area contributed by atoms with Gasteiger partial charge in [-0.2, -0.15) is 0 Å². The van der Waals surface area contributed by atoms with Gasteiger partial charge in [0.15, 0.2) is 11.6 Å². The van der Waals surface area contributed by atoms with Gasteiger partial charge in [-0.3, -0.25) is 9.59 Å². The van der Waals surface area contributed by atoms with Gasteiger partial charge in [0, 0.05) is 18.9 Å². The van der Waals surface area contributed by atoms with Crippen molar-refractivity contribution < 1.29 is 23.8 Å². The summed E-state index contributed by atoms with van der Waals surface area (Å²) in [6.45, 7) is 7.54. The molecular formula is C25H38O5. The molecule has 0 bridgehead atoms. The highest BCUT2D eigenvalue weighted by Crippen LogP contribution is 2.68. The first-order valence-corrected chi connectivity index (χ1v) is 11.7. The van der Waals surface area contributed by atoms with Gasteiger partial charge in [0.1, 0.15) is 12.4 Å². The van der Waals surface area contributed by atoms with Crippen molar-refractivity contribution in [3.63, 3.8) is 0 Å². The molecular weight excluding hydrogens is 380 g/mol. The molecule has 0 aromatic rings. The molecule has 5 nitrogen and oxygen atoms in total. The number of ketones is 2. The summed E-state index contributed by atoms with van der Waals surface area (Å²) in [6.07, 6.45) is 9.76. The van der Waals surface area contributed by atoms with Crippen LogP contribution in [0.3, 0.4) is 0 Å². The van der Waals surface area contributed by atoms with E-state index < -0.39 is 5.60 Å². The minimum atomic E-state index is -0.741. The van der Waals surface area contributed by atoms with Crippen molar-refractivity contribution in [3.8, 4) is 0 Å². The molecule has 168 valence electrons. The summed E-state index contributed by atoms with van der Waals surface area (Å²) in [7, 11) is 1.65. The average molecular weight is 419 g/mol. The van der Waals surface area contributed by atoms with Gasteiger partial charge in [0.25, 0.3) is 0 Å². The van der Waals surface area contributed by atoms with Crippen LogP contribution in [0, 0.1) is 28.6 Å². The third-order valence-electron chi connectivity index (χ3n) is 9.47. The van der Waals surface area contributed by atoms with Crippen molar-refractivity contribution in [2.24, 2.45) is 28.6 Å². The Hall–Kier alpha value is -1.04. The van der Waals surface area contributed by atoms with Gasteiger partial charge in [-0.05, 0) is 81.1 Å². The van der Waals surface area contributed by atoms with Crippen LogP contribution in [0.25, 0.3) is 0 Å². The maximum Gasteiger partial charge on any atom is 0.162 e. The van der Waals surface area contributed by atoms with E-state index in [4.69, 9.17) is 14.2 Å². The number of ether oxygens (including phenoxy) is 3. The van der Waals surface area contributed by atoms with Crippen LogP contribution in [-0.4, -0.2) is 44.3 Å². The molecule has 0 heterocycles. The maximum absolute atomic E-state index is 13.0. The highest BCUT2D eigenvalue weighted by molar-refractivity contribution is 5.91. The standard InChI is InChI=1S/C25H38O5/c1-17(26)25(30-16-29-14-13-28-4)12-9-22-20-6-5-18-15-19(27)7-10-23(18,2)21(20)8-11-24(22,25)3/h15,20-22H,5-14,16H2,1-4H3/t20-,21+,22+,23+,24+,25+/m1/s1. The molecule has 0 unspecified atom stereocenters. The number of methoxy groups -OCH3 is 1. The molecule has 0 N–H and O–H groups in total. The smallest absolute Gasteiger partial charge is 0.162 e. The van der Waals surface area contributed by atoms with Gasteiger partial charge in [-0.15, -0.1) is 0 Å². The number of carbonyl (C=O) groups excluding carboxylic acids is 2. The Kier molecular flexibility index (Phi) is 6.02. The fourth-order valence-electron chi connectivity index (χ4n) is 7.82. The van der Waals surface area contributed by atoms with Gasteiger partial charge in [0.2, 0.25) is 0 Å². The predicted molar refractivity (Wildman–Crippen MR) is 114 cm³/mol. The zero-order valence-electron chi connectivity index (χ0n) is 19.1. The van der Waals surface area contributed by atoms with Crippen LogP contribution in [0.2, 0.25) is 0 Å². The summed E-state index contributed by atoms with van der Waals surface area (Å²) in [5, 5.41) is 0. The van der Waals surface area contributed by atoms with E-state index in [1.807, 2.05) is 6.08 Å². The normalized spacial score (nSPS) is 42.9. The Labute approximate surface area is 180 Å². The Balaban J connectivity index is 1.56. The van der Waals surface area contributed by atoms with E-state index in [9.17, 15) is 9.59 Å². The van der Waals surface area contributed by atoms with Crippen molar-refractivity contribution in [1.29, 1.82) is 0 Å². The molecule has 0 spiro atoms. The molecule has 4 aliphatic carbocycles. The van der Waals surface area contributed by atoms with Crippen molar-refractivity contribution in [3.05, 3.63) is 11.6 Å². The summed E-state index contributed by atoms with van der Waals surface area (Å²) < 4.78 is 17.0. The monoisotopic (exact) mass is 418 g/mol. The van der Waals surface area contributed by atoms with E-state index in [1.54, 1.807) is 14.0 Å². The quantitative estimate of drug-likeness (QED) is 0.450. The number of rotatable bonds is 7. The predicted octanol–water partition coefficient (Wildman–Crippen LogP) is 4.48. The second-order valence-electron chi connectivity index (χ2n) is 10.5. The van der Waals surface area contributed by atoms with Crippen molar-refractivity contribution in [1.82, 2.24) is 0 Å². The highest BCUT2D eigenvalue weighted by Gasteiger charge is 2.66. The zero-order valence-corrected chi connectivity index (χ0v) is 19.1. The van der Waals surface area contributed by atoms with Crippen LogP contribution in [0.1, 0.15) is 72.1 Å². The molecule has 3 saturated carbocycles. The molecule has 5 heteroatoms. The van der Waals surface area contributed by atoms with E-state index in [0.717, 1.165) is 44.9 Å². The molecule has 0 saturated heterocycles. The fourth-order valence-corrected chi connectivity index (χ4v) is 7.82. The molecule has 0 aliphatic heterocycles.